The van der Waals surface area contributed by atoms with Gasteiger partial charge in [-0.1, -0.05) is 12.1 Å². The van der Waals surface area contributed by atoms with Crippen LogP contribution in [0.2, 0.25) is 0 Å². The molecule has 34 heavy (non-hydrogen) atoms. The zero-order chi connectivity index (χ0) is 23.2. The molecule has 2 heterocycles. The van der Waals surface area contributed by atoms with Crippen LogP contribution in [0.3, 0.4) is 0 Å². The summed E-state index contributed by atoms with van der Waals surface area (Å²) in [5.41, 5.74) is 2.93. The Kier molecular flexibility index (Phi) is 10.2. The summed E-state index contributed by atoms with van der Waals surface area (Å²) in [5.74, 6) is 1.90. The van der Waals surface area contributed by atoms with E-state index in [9.17, 15) is 9.90 Å². The molecule has 2 aromatic rings. The normalized spacial score (nSPS) is 18.7. The van der Waals surface area contributed by atoms with Gasteiger partial charge in [-0.05, 0) is 96.0 Å². The molecular weight excluding hydrogens is 522 g/mol. The Labute approximate surface area is 216 Å². The fourth-order valence-corrected chi connectivity index (χ4v) is 4.89. The van der Waals surface area contributed by atoms with Crippen molar-refractivity contribution in [2.24, 2.45) is 5.92 Å². The van der Waals surface area contributed by atoms with Crippen LogP contribution >= 0.6 is 28.3 Å². The second-order valence-corrected chi connectivity index (χ2v) is 9.72. The van der Waals surface area contributed by atoms with Crippen molar-refractivity contribution in [1.29, 1.82) is 0 Å². The summed E-state index contributed by atoms with van der Waals surface area (Å²) in [7, 11) is 1.68. The molecule has 1 atom stereocenters. The van der Waals surface area contributed by atoms with Gasteiger partial charge in [-0.15, -0.1) is 12.4 Å². The minimum atomic E-state index is -1.05. The van der Waals surface area contributed by atoms with Gasteiger partial charge in [0.25, 0.3) is 0 Å². The molecular formula is C26H33BrClNO5. The lowest BCUT2D eigenvalue weighted by Gasteiger charge is -2.32. The van der Waals surface area contributed by atoms with E-state index >= 15 is 0 Å². The number of fused-ring (bicyclic) bond motifs is 1. The molecule has 6 nitrogen and oxygen atoms in total. The van der Waals surface area contributed by atoms with E-state index in [1.54, 1.807) is 7.11 Å². The molecule has 1 saturated heterocycles. The maximum Gasteiger partial charge on any atom is 0.198 e. The maximum absolute atomic E-state index is 12.2. The molecule has 0 bridgehead atoms. The summed E-state index contributed by atoms with van der Waals surface area (Å²) in [6, 6.07) is 12.1. The summed E-state index contributed by atoms with van der Waals surface area (Å²) >= 11 is 3.57. The van der Waals surface area contributed by atoms with Crippen molar-refractivity contribution in [3.63, 3.8) is 0 Å². The summed E-state index contributed by atoms with van der Waals surface area (Å²) in [5, 5.41) is 9.76. The van der Waals surface area contributed by atoms with Gasteiger partial charge in [0.05, 0.1) is 16.6 Å². The van der Waals surface area contributed by atoms with E-state index in [0.29, 0.717) is 30.4 Å². The van der Waals surface area contributed by atoms with Gasteiger partial charge in [0.15, 0.2) is 11.9 Å². The molecule has 4 rings (SSSR count). The minimum absolute atomic E-state index is 0. The number of benzene rings is 2. The van der Waals surface area contributed by atoms with E-state index in [4.69, 9.17) is 14.2 Å². The van der Waals surface area contributed by atoms with Gasteiger partial charge < -0.3 is 24.2 Å². The Morgan fingerprint density at radius 2 is 1.88 bits per heavy atom. The molecule has 2 aromatic carbocycles. The van der Waals surface area contributed by atoms with E-state index in [-0.39, 0.29) is 24.8 Å². The van der Waals surface area contributed by atoms with Crippen molar-refractivity contribution >= 4 is 34.1 Å². The number of nitrogens with zero attached hydrogens (tertiary/aromatic N) is 1. The van der Waals surface area contributed by atoms with Crippen molar-refractivity contribution < 1.29 is 24.1 Å². The van der Waals surface area contributed by atoms with Gasteiger partial charge in [0.2, 0.25) is 0 Å². The van der Waals surface area contributed by atoms with Crippen molar-refractivity contribution in [3.8, 4) is 11.5 Å². The smallest absolute Gasteiger partial charge is 0.198 e. The quantitative estimate of drug-likeness (QED) is 0.466. The number of Topliss-reactive ketones (excluding diaryl/α,β-unsaturated/α-hetero) is 1. The number of ketones is 1. The van der Waals surface area contributed by atoms with Crippen LogP contribution in [0.15, 0.2) is 40.9 Å². The molecule has 0 amide bonds. The maximum atomic E-state index is 12.2. The molecule has 186 valence electrons. The number of aliphatic hydroxyl groups excluding tert-OH is 1. The number of halogens is 2. The van der Waals surface area contributed by atoms with Crippen molar-refractivity contribution in [3.05, 3.63) is 57.6 Å². The third-order valence-electron chi connectivity index (χ3n) is 6.50. The van der Waals surface area contributed by atoms with E-state index < -0.39 is 6.10 Å². The highest BCUT2D eigenvalue weighted by atomic mass is 79.9. The van der Waals surface area contributed by atoms with Crippen molar-refractivity contribution in [2.75, 3.05) is 46.6 Å². The number of methoxy groups -OCH3 is 1. The Hall–Kier alpha value is -1.64. The topological polar surface area (TPSA) is 68.2 Å². The largest absolute Gasteiger partial charge is 0.490 e. The van der Waals surface area contributed by atoms with Crippen LogP contribution in [0.4, 0.5) is 0 Å². The predicted octanol–water partition coefficient (Wildman–Crippen LogP) is 4.33. The lowest BCUT2D eigenvalue weighted by Crippen LogP contribution is -2.36. The van der Waals surface area contributed by atoms with E-state index in [0.717, 1.165) is 48.3 Å². The number of piperidine rings is 1. The Bertz CT molecular complexity index is 964. The zero-order valence-electron chi connectivity index (χ0n) is 19.5. The number of carbonyl (C=O) groups is 1. The van der Waals surface area contributed by atoms with Gasteiger partial charge in [-0.25, -0.2) is 0 Å². The van der Waals surface area contributed by atoms with Gasteiger partial charge >= 0.3 is 0 Å². The van der Waals surface area contributed by atoms with Crippen LogP contribution < -0.4 is 9.47 Å². The highest BCUT2D eigenvalue weighted by Crippen LogP contribution is 2.30. The molecule has 0 aliphatic carbocycles. The standard InChI is InChI=1S/C26H32BrNO5.ClH/c1-31-12-13-32-25-16-20(2-4-22(25)27)14-19-7-10-28(11-8-19)9-6-18-3-5-24-21(15-18)26(30)23(29)17-33-24;/h2-5,15-16,19,23,29H,6-14,17H2,1H3;1H. The second kappa shape index (κ2) is 12.9. The minimum Gasteiger partial charge on any atom is -0.490 e. The number of hydrogen-bond donors (Lipinski definition) is 1. The zero-order valence-corrected chi connectivity index (χ0v) is 21.9. The molecule has 2 aliphatic heterocycles. The van der Waals surface area contributed by atoms with Gasteiger partial charge in [0, 0.05) is 13.7 Å². The second-order valence-electron chi connectivity index (χ2n) is 8.87. The third kappa shape index (κ3) is 6.95. The summed E-state index contributed by atoms with van der Waals surface area (Å²) < 4.78 is 17.3. The van der Waals surface area contributed by atoms with Crippen LogP contribution in [0, 0.1) is 5.92 Å². The highest BCUT2D eigenvalue weighted by Gasteiger charge is 2.27. The van der Waals surface area contributed by atoms with E-state index in [1.165, 1.54) is 18.4 Å². The number of hydrogen-bond acceptors (Lipinski definition) is 6. The van der Waals surface area contributed by atoms with Crippen LogP contribution in [0.25, 0.3) is 0 Å². The summed E-state index contributed by atoms with van der Waals surface area (Å²) in [4.78, 5) is 14.7. The molecule has 1 N–H and O–H groups in total. The van der Waals surface area contributed by atoms with E-state index in [1.807, 2.05) is 18.2 Å². The molecule has 0 saturated carbocycles. The van der Waals surface area contributed by atoms with Gasteiger partial charge in [-0.3, -0.25) is 4.79 Å². The third-order valence-corrected chi connectivity index (χ3v) is 7.15. The monoisotopic (exact) mass is 553 g/mol. The fraction of sp³-hybridized carbons (Fsp3) is 0.500. The number of ether oxygens (including phenoxy) is 3. The first-order valence-corrected chi connectivity index (χ1v) is 12.4. The van der Waals surface area contributed by atoms with Gasteiger partial charge in [0.1, 0.15) is 24.7 Å². The SMILES string of the molecule is COCCOc1cc(CC2CCN(CCc3ccc4c(c3)C(=O)C(O)CO4)CC2)ccc1Br.Cl. The Morgan fingerprint density at radius 1 is 1.12 bits per heavy atom. The molecule has 1 unspecified atom stereocenters. The molecule has 0 spiro atoms. The van der Waals surface area contributed by atoms with Crippen LogP contribution in [-0.2, 0) is 17.6 Å². The average Bonchev–Trinajstić information content (AvgIpc) is 2.83. The van der Waals surface area contributed by atoms with Crippen LogP contribution in [0.5, 0.6) is 11.5 Å². The molecule has 0 radical (unpaired) electrons. The highest BCUT2D eigenvalue weighted by molar-refractivity contribution is 9.10. The number of aliphatic hydroxyl groups is 1. The Morgan fingerprint density at radius 3 is 2.65 bits per heavy atom. The first-order chi connectivity index (χ1) is 16.0. The lowest BCUT2D eigenvalue weighted by molar-refractivity contribution is 0.0558. The summed E-state index contributed by atoms with van der Waals surface area (Å²) in [6.07, 6.45) is 3.26. The Balaban J connectivity index is 0.00000324. The number of likely N-dealkylation sites (tertiary alicyclic amines) is 1. The van der Waals surface area contributed by atoms with Crippen molar-refractivity contribution in [1.82, 2.24) is 4.90 Å². The van der Waals surface area contributed by atoms with Crippen LogP contribution in [0.1, 0.15) is 34.3 Å². The lowest BCUT2D eigenvalue weighted by atomic mass is 9.90. The number of carbonyl (C=O) groups excluding carboxylic acids is 1. The summed E-state index contributed by atoms with van der Waals surface area (Å²) in [6.45, 7) is 4.31. The van der Waals surface area contributed by atoms with Crippen molar-refractivity contribution in [2.45, 2.75) is 31.8 Å². The fourth-order valence-electron chi connectivity index (χ4n) is 4.53. The average molecular weight is 555 g/mol. The molecule has 2 aliphatic rings. The number of rotatable bonds is 9. The predicted molar refractivity (Wildman–Crippen MR) is 138 cm³/mol. The molecule has 8 heteroatoms. The van der Waals surface area contributed by atoms with E-state index in [2.05, 4.69) is 39.0 Å². The van der Waals surface area contributed by atoms with Crippen LogP contribution in [-0.4, -0.2) is 68.5 Å². The first kappa shape index (κ1) is 27.0. The molecule has 0 aromatic heterocycles. The molecule has 1 fully saturated rings. The first-order valence-electron chi connectivity index (χ1n) is 11.6. The van der Waals surface area contributed by atoms with Gasteiger partial charge in [-0.2, -0.15) is 0 Å².